The van der Waals surface area contributed by atoms with E-state index in [1.54, 1.807) is 48.7 Å². The Bertz CT molecular complexity index is 1510. The normalized spacial score (nSPS) is 11.0. The van der Waals surface area contributed by atoms with Gasteiger partial charge >= 0.3 is 5.97 Å². The van der Waals surface area contributed by atoms with Gasteiger partial charge in [0.25, 0.3) is 0 Å². The number of furan rings is 2. The first kappa shape index (κ1) is 21.9. The number of hydrogen-bond acceptors (Lipinski definition) is 7. The molecule has 0 spiro atoms. The van der Waals surface area contributed by atoms with Crippen molar-refractivity contribution < 1.29 is 23.2 Å². The molecule has 9 heteroatoms. The van der Waals surface area contributed by atoms with Crippen molar-refractivity contribution in [2.45, 2.75) is 0 Å². The fraction of sp³-hybridized carbons (Fsp3) is 0.0400. The lowest BCUT2D eigenvalue weighted by molar-refractivity contribution is 0.0475. The van der Waals surface area contributed by atoms with E-state index in [-0.39, 0.29) is 10.6 Å². The Kier molecular flexibility index (Phi) is 5.88. The third-order valence-electron chi connectivity index (χ3n) is 4.99. The summed E-state index contributed by atoms with van der Waals surface area (Å²) in [6.45, 7) is -0.449. The molecule has 0 saturated heterocycles. The highest BCUT2D eigenvalue weighted by Crippen LogP contribution is 2.31. The summed E-state index contributed by atoms with van der Waals surface area (Å²) in [6.07, 6.45) is 3.08. The molecule has 0 amide bonds. The van der Waals surface area contributed by atoms with Gasteiger partial charge in [0.2, 0.25) is 0 Å². The maximum absolute atomic E-state index is 12.6. The van der Waals surface area contributed by atoms with Gasteiger partial charge in [0.1, 0.15) is 11.4 Å². The highest BCUT2D eigenvalue weighted by atomic mass is 35.5. The zero-order valence-electron chi connectivity index (χ0n) is 17.3. The number of nitrogens with zero attached hydrogens (tertiary/aromatic N) is 2. The number of halogens is 2. The molecule has 0 unspecified atom stereocenters. The summed E-state index contributed by atoms with van der Waals surface area (Å²) >= 11 is 11.8. The van der Waals surface area contributed by atoms with Gasteiger partial charge in [-0.3, -0.25) is 4.79 Å². The molecule has 0 aliphatic rings. The molecule has 3 heterocycles. The van der Waals surface area contributed by atoms with Gasteiger partial charge in [0.05, 0.1) is 39.2 Å². The minimum absolute atomic E-state index is 0.222. The number of fused-ring (bicyclic) bond motifs is 1. The van der Waals surface area contributed by atoms with Crippen LogP contribution in [0.2, 0.25) is 10.0 Å². The summed E-state index contributed by atoms with van der Waals surface area (Å²) in [4.78, 5) is 34.3. The number of carbonyl (C=O) groups excluding carboxylic acids is 2. The summed E-state index contributed by atoms with van der Waals surface area (Å²) in [7, 11) is 0. The van der Waals surface area contributed by atoms with E-state index in [0.29, 0.717) is 44.5 Å². The summed E-state index contributed by atoms with van der Waals surface area (Å²) in [5.74, 6) is -0.0476. The molecule has 0 N–H and O–H groups in total. The molecular weight excluding hydrogens is 479 g/mol. The van der Waals surface area contributed by atoms with Crippen LogP contribution in [0.25, 0.3) is 33.9 Å². The zero-order chi connectivity index (χ0) is 23.7. The van der Waals surface area contributed by atoms with Gasteiger partial charge in [0.15, 0.2) is 23.9 Å². The minimum atomic E-state index is -0.674. The molecule has 0 aliphatic carbocycles. The number of hydrogen-bond donors (Lipinski definition) is 0. The van der Waals surface area contributed by atoms with Crippen molar-refractivity contribution >= 4 is 46.0 Å². The van der Waals surface area contributed by atoms with Crippen LogP contribution < -0.4 is 0 Å². The average molecular weight is 493 g/mol. The van der Waals surface area contributed by atoms with Gasteiger partial charge in [-0.25, -0.2) is 14.8 Å². The summed E-state index contributed by atoms with van der Waals surface area (Å²) in [6, 6.07) is 16.2. The van der Waals surface area contributed by atoms with Crippen LogP contribution in [0.5, 0.6) is 0 Å². The van der Waals surface area contributed by atoms with Crippen LogP contribution in [0.15, 0.2) is 82.0 Å². The Balaban J connectivity index is 1.42. The van der Waals surface area contributed by atoms with Crippen LogP contribution in [-0.4, -0.2) is 28.3 Å². The maximum atomic E-state index is 12.6. The molecule has 0 atom stereocenters. The summed E-state index contributed by atoms with van der Waals surface area (Å²) < 4.78 is 16.2. The lowest BCUT2D eigenvalue weighted by Crippen LogP contribution is -2.14. The van der Waals surface area contributed by atoms with Crippen LogP contribution >= 0.6 is 23.2 Å². The van der Waals surface area contributed by atoms with Crippen LogP contribution in [0.4, 0.5) is 0 Å². The van der Waals surface area contributed by atoms with Crippen molar-refractivity contribution in [1.29, 1.82) is 0 Å². The largest absolute Gasteiger partial charge is 0.463 e. The quantitative estimate of drug-likeness (QED) is 0.197. The number of benzene rings is 2. The van der Waals surface area contributed by atoms with Crippen molar-refractivity contribution in [3.63, 3.8) is 0 Å². The van der Waals surface area contributed by atoms with Gasteiger partial charge in [-0.15, -0.1) is 0 Å². The zero-order valence-corrected chi connectivity index (χ0v) is 18.8. The molecule has 2 aromatic carbocycles. The van der Waals surface area contributed by atoms with Crippen molar-refractivity contribution in [3.05, 3.63) is 94.4 Å². The van der Waals surface area contributed by atoms with E-state index < -0.39 is 18.4 Å². The first-order valence-electron chi connectivity index (χ1n) is 10.0. The third kappa shape index (κ3) is 4.31. The molecule has 0 radical (unpaired) electrons. The molecule has 168 valence electrons. The van der Waals surface area contributed by atoms with Crippen molar-refractivity contribution in [1.82, 2.24) is 9.97 Å². The molecule has 34 heavy (non-hydrogen) atoms. The SMILES string of the molecule is O=C(COC(=O)c1ccc2nc(-c3ccco3)c(-c3ccco3)nc2c1)c1ccc(Cl)c(Cl)c1. The molecule has 5 rings (SSSR count). The lowest BCUT2D eigenvalue weighted by Gasteiger charge is -2.08. The minimum Gasteiger partial charge on any atom is -0.463 e. The topological polar surface area (TPSA) is 95.4 Å². The number of Topliss-reactive ketones (excluding diaryl/α,β-unsaturated/α-hetero) is 1. The molecule has 0 saturated carbocycles. The Morgan fingerprint density at radius 2 is 1.41 bits per heavy atom. The van der Waals surface area contributed by atoms with Crippen molar-refractivity contribution in [2.24, 2.45) is 0 Å². The van der Waals surface area contributed by atoms with E-state index >= 15 is 0 Å². The highest BCUT2D eigenvalue weighted by Gasteiger charge is 2.19. The molecule has 0 aliphatic heterocycles. The standard InChI is InChI=1S/C25H14Cl2N2O5/c26-16-7-5-14(11-17(16)27)20(30)13-34-25(31)15-6-8-18-19(12-15)29-24(22-4-2-10-33-22)23(28-18)21-3-1-9-32-21/h1-12H,13H2. The Labute approximate surface area is 202 Å². The number of aromatic nitrogens is 2. The molecule has 5 aromatic rings. The van der Waals surface area contributed by atoms with E-state index in [1.165, 1.54) is 24.5 Å². The molecule has 7 nitrogen and oxygen atoms in total. The van der Waals surface area contributed by atoms with E-state index in [2.05, 4.69) is 9.97 Å². The van der Waals surface area contributed by atoms with Crippen LogP contribution in [-0.2, 0) is 4.74 Å². The second-order valence-corrected chi connectivity index (χ2v) is 8.02. The second-order valence-electron chi connectivity index (χ2n) is 7.21. The fourth-order valence-electron chi connectivity index (χ4n) is 3.32. The first-order valence-corrected chi connectivity index (χ1v) is 10.8. The molecule has 0 bridgehead atoms. The van der Waals surface area contributed by atoms with Crippen molar-refractivity contribution in [2.75, 3.05) is 6.61 Å². The number of carbonyl (C=O) groups is 2. The van der Waals surface area contributed by atoms with Gasteiger partial charge < -0.3 is 13.6 Å². The monoisotopic (exact) mass is 492 g/mol. The predicted molar refractivity (Wildman–Crippen MR) is 126 cm³/mol. The fourth-order valence-corrected chi connectivity index (χ4v) is 3.62. The number of rotatable bonds is 6. The summed E-state index contributed by atoms with van der Waals surface area (Å²) in [5, 5.41) is 0.574. The Morgan fingerprint density at radius 1 is 0.765 bits per heavy atom. The van der Waals surface area contributed by atoms with Gasteiger partial charge in [-0.05, 0) is 60.7 Å². The van der Waals surface area contributed by atoms with E-state index in [0.717, 1.165) is 0 Å². The maximum Gasteiger partial charge on any atom is 0.338 e. The van der Waals surface area contributed by atoms with Gasteiger partial charge in [-0.2, -0.15) is 0 Å². The van der Waals surface area contributed by atoms with Gasteiger partial charge in [0, 0.05) is 5.56 Å². The van der Waals surface area contributed by atoms with Crippen LogP contribution in [0.3, 0.4) is 0 Å². The molecule has 3 aromatic heterocycles. The van der Waals surface area contributed by atoms with Crippen LogP contribution in [0, 0.1) is 0 Å². The van der Waals surface area contributed by atoms with E-state index in [1.807, 2.05) is 0 Å². The molecular formula is C25H14Cl2N2O5. The van der Waals surface area contributed by atoms with Gasteiger partial charge in [-0.1, -0.05) is 23.2 Å². The van der Waals surface area contributed by atoms with E-state index in [4.69, 9.17) is 36.8 Å². The third-order valence-corrected chi connectivity index (χ3v) is 5.72. The van der Waals surface area contributed by atoms with Crippen LogP contribution in [0.1, 0.15) is 20.7 Å². The molecule has 0 fully saturated rings. The highest BCUT2D eigenvalue weighted by molar-refractivity contribution is 6.42. The predicted octanol–water partition coefficient (Wildman–Crippen LogP) is 6.50. The number of ketones is 1. The number of esters is 1. The van der Waals surface area contributed by atoms with Crippen molar-refractivity contribution in [3.8, 4) is 22.9 Å². The number of ether oxygens (including phenoxy) is 1. The lowest BCUT2D eigenvalue weighted by atomic mass is 10.1. The van der Waals surface area contributed by atoms with E-state index in [9.17, 15) is 9.59 Å². The Hall–Kier alpha value is -3.94. The Morgan fingerprint density at radius 3 is 2.03 bits per heavy atom. The summed E-state index contributed by atoms with van der Waals surface area (Å²) in [5.41, 5.74) is 2.49. The second kappa shape index (κ2) is 9.13. The first-order chi connectivity index (χ1) is 16.5. The smallest absolute Gasteiger partial charge is 0.338 e. The average Bonchev–Trinajstić information content (AvgIpc) is 3.57.